The van der Waals surface area contributed by atoms with Gasteiger partial charge in [0.2, 0.25) is 5.91 Å². The number of rotatable bonds is 4. The van der Waals surface area contributed by atoms with Crippen LogP contribution in [0.5, 0.6) is 5.75 Å². The summed E-state index contributed by atoms with van der Waals surface area (Å²) in [5.41, 5.74) is 0.670. The van der Waals surface area contributed by atoms with E-state index in [1.165, 1.54) is 31.2 Å². The van der Waals surface area contributed by atoms with Gasteiger partial charge in [0.1, 0.15) is 5.75 Å². The van der Waals surface area contributed by atoms with Crippen molar-refractivity contribution in [2.75, 3.05) is 5.32 Å². The molecular formula is C12H13NO3. The number of anilines is 1. The largest absolute Gasteiger partial charge is 0.507 e. The highest BCUT2D eigenvalue weighted by Gasteiger charge is 2.10. The normalized spacial score (nSPS) is 9.56. The first-order valence-corrected chi connectivity index (χ1v) is 4.79. The van der Waals surface area contributed by atoms with Gasteiger partial charge in [0.05, 0.1) is 5.56 Å². The first kappa shape index (κ1) is 12.0. The van der Waals surface area contributed by atoms with Crippen LogP contribution in [0.4, 0.5) is 5.69 Å². The summed E-state index contributed by atoms with van der Waals surface area (Å²) in [5.74, 6) is -0.562. The summed E-state index contributed by atoms with van der Waals surface area (Å²) in [4.78, 5) is 22.4. The van der Waals surface area contributed by atoms with Crippen LogP contribution in [0.15, 0.2) is 30.9 Å². The van der Waals surface area contributed by atoms with E-state index in [0.717, 1.165) is 0 Å². The number of allylic oxidation sites excluding steroid dienone is 1. The van der Waals surface area contributed by atoms with E-state index < -0.39 is 0 Å². The molecule has 0 unspecified atom stereocenters. The van der Waals surface area contributed by atoms with Crippen molar-refractivity contribution in [2.24, 2.45) is 0 Å². The summed E-state index contributed by atoms with van der Waals surface area (Å²) >= 11 is 0. The molecule has 2 N–H and O–H groups in total. The molecular weight excluding hydrogens is 206 g/mol. The number of phenolic OH excluding ortho intramolecular Hbond substituents is 1. The maximum Gasteiger partial charge on any atom is 0.221 e. The highest BCUT2D eigenvalue weighted by molar-refractivity contribution is 6.01. The zero-order valence-electron chi connectivity index (χ0n) is 8.99. The molecule has 0 heterocycles. The van der Waals surface area contributed by atoms with E-state index in [9.17, 15) is 14.7 Å². The zero-order chi connectivity index (χ0) is 12.1. The lowest BCUT2D eigenvalue weighted by Crippen LogP contribution is -2.07. The maximum atomic E-state index is 11.6. The van der Waals surface area contributed by atoms with Crippen LogP contribution < -0.4 is 5.32 Å². The Bertz CT molecular complexity index is 438. The number of Topliss-reactive ketones (excluding diaryl/α,β-unsaturated/α-hetero) is 1. The van der Waals surface area contributed by atoms with Gasteiger partial charge in [0, 0.05) is 19.0 Å². The molecule has 1 aromatic rings. The van der Waals surface area contributed by atoms with Crippen molar-refractivity contribution in [3.05, 3.63) is 36.4 Å². The third kappa shape index (κ3) is 2.95. The van der Waals surface area contributed by atoms with Crippen LogP contribution in [0.25, 0.3) is 0 Å². The molecule has 84 valence electrons. The molecule has 4 nitrogen and oxygen atoms in total. The molecule has 1 amide bonds. The highest BCUT2D eigenvalue weighted by Crippen LogP contribution is 2.22. The van der Waals surface area contributed by atoms with E-state index in [2.05, 4.69) is 11.9 Å². The van der Waals surface area contributed by atoms with E-state index in [-0.39, 0.29) is 29.4 Å². The quantitative estimate of drug-likeness (QED) is 0.463. The molecule has 0 aliphatic rings. The fraction of sp³-hybridized carbons (Fsp3) is 0.167. The van der Waals surface area contributed by atoms with Crippen molar-refractivity contribution in [1.82, 2.24) is 0 Å². The van der Waals surface area contributed by atoms with E-state index >= 15 is 0 Å². The molecule has 1 rings (SSSR count). The van der Waals surface area contributed by atoms with Crippen molar-refractivity contribution >= 4 is 17.4 Å². The second-order valence-electron chi connectivity index (χ2n) is 3.33. The van der Waals surface area contributed by atoms with Crippen LogP contribution in [0.3, 0.4) is 0 Å². The molecule has 0 spiro atoms. The number of ketones is 1. The Morgan fingerprint density at radius 3 is 2.75 bits per heavy atom. The van der Waals surface area contributed by atoms with Gasteiger partial charge >= 0.3 is 0 Å². The number of benzene rings is 1. The Labute approximate surface area is 93.6 Å². The molecule has 16 heavy (non-hydrogen) atoms. The third-order valence-electron chi connectivity index (χ3n) is 1.95. The molecule has 4 heteroatoms. The smallest absolute Gasteiger partial charge is 0.221 e. The molecule has 0 aliphatic heterocycles. The second-order valence-corrected chi connectivity index (χ2v) is 3.33. The Morgan fingerprint density at radius 2 is 2.19 bits per heavy atom. The number of hydrogen-bond donors (Lipinski definition) is 2. The van der Waals surface area contributed by atoms with Crippen molar-refractivity contribution < 1.29 is 14.7 Å². The van der Waals surface area contributed by atoms with Gasteiger partial charge in [-0.25, -0.2) is 0 Å². The van der Waals surface area contributed by atoms with Gasteiger partial charge in [-0.05, 0) is 18.2 Å². The Kier molecular flexibility index (Phi) is 3.83. The Hall–Kier alpha value is -2.10. The summed E-state index contributed by atoms with van der Waals surface area (Å²) < 4.78 is 0. The van der Waals surface area contributed by atoms with Crippen molar-refractivity contribution in [3.63, 3.8) is 0 Å². The van der Waals surface area contributed by atoms with E-state index in [4.69, 9.17) is 0 Å². The number of aromatic hydroxyl groups is 1. The van der Waals surface area contributed by atoms with Gasteiger partial charge in [0.15, 0.2) is 5.78 Å². The fourth-order valence-electron chi connectivity index (χ4n) is 1.28. The molecule has 0 radical (unpaired) electrons. The predicted octanol–water partition coefficient (Wildman–Crippen LogP) is 2.11. The molecule has 1 aromatic carbocycles. The first-order chi connectivity index (χ1) is 7.54. The van der Waals surface area contributed by atoms with Gasteiger partial charge in [-0.2, -0.15) is 0 Å². The maximum absolute atomic E-state index is 11.6. The number of nitrogens with one attached hydrogen (secondary N) is 1. The summed E-state index contributed by atoms with van der Waals surface area (Å²) in [6, 6.07) is 4.35. The minimum atomic E-state index is -0.236. The SMILES string of the molecule is C=CCC(=O)c1cc(NC(C)=O)ccc1O. The first-order valence-electron chi connectivity index (χ1n) is 4.79. The van der Waals surface area contributed by atoms with Crippen molar-refractivity contribution in [3.8, 4) is 5.75 Å². The number of amides is 1. The van der Waals surface area contributed by atoms with Gasteiger partial charge in [-0.3, -0.25) is 9.59 Å². The molecule has 0 atom stereocenters. The van der Waals surface area contributed by atoms with Crippen molar-refractivity contribution in [2.45, 2.75) is 13.3 Å². The standard InChI is InChI=1S/C12H13NO3/c1-3-4-11(15)10-7-9(13-8(2)14)5-6-12(10)16/h3,5-7,16H,1,4H2,2H3,(H,13,14). The fourth-order valence-corrected chi connectivity index (χ4v) is 1.28. The summed E-state index contributed by atoms with van der Waals surface area (Å²) in [6.45, 7) is 4.83. The van der Waals surface area contributed by atoms with Crippen LogP contribution in [0, 0.1) is 0 Å². The van der Waals surface area contributed by atoms with Gasteiger partial charge in [-0.15, -0.1) is 6.58 Å². The Morgan fingerprint density at radius 1 is 1.50 bits per heavy atom. The van der Waals surface area contributed by atoms with Crippen LogP contribution in [-0.4, -0.2) is 16.8 Å². The Balaban J connectivity index is 3.03. The number of carbonyl (C=O) groups excluding carboxylic acids is 2. The number of hydrogen-bond acceptors (Lipinski definition) is 3. The van der Waals surface area contributed by atoms with Crippen LogP contribution >= 0.6 is 0 Å². The molecule has 0 aromatic heterocycles. The van der Waals surface area contributed by atoms with Crippen LogP contribution in [-0.2, 0) is 4.79 Å². The van der Waals surface area contributed by atoms with E-state index in [0.29, 0.717) is 5.69 Å². The summed E-state index contributed by atoms with van der Waals surface area (Å²) in [6.07, 6.45) is 1.62. The predicted molar refractivity (Wildman–Crippen MR) is 61.6 cm³/mol. The highest BCUT2D eigenvalue weighted by atomic mass is 16.3. The lowest BCUT2D eigenvalue weighted by Gasteiger charge is -2.06. The average molecular weight is 219 g/mol. The monoisotopic (exact) mass is 219 g/mol. The lowest BCUT2D eigenvalue weighted by molar-refractivity contribution is -0.114. The van der Waals surface area contributed by atoms with E-state index in [1.807, 2.05) is 0 Å². The molecule has 0 fully saturated rings. The van der Waals surface area contributed by atoms with Crippen LogP contribution in [0.1, 0.15) is 23.7 Å². The molecule has 0 saturated carbocycles. The van der Waals surface area contributed by atoms with Gasteiger partial charge in [0.25, 0.3) is 0 Å². The third-order valence-corrected chi connectivity index (χ3v) is 1.95. The van der Waals surface area contributed by atoms with Crippen LogP contribution in [0.2, 0.25) is 0 Å². The summed E-state index contributed by atoms with van der Waals surface area (Å²) in [7, 11) is 0. The molecule has 0 saturated heterocycles. The number of phenols is 1. The summed E-state index contributed by atoms with van der Waals surface area (Å²) in [5, 5.41) is 12.0. The number of carbonyl (C=O) groups is 2. The van der Waals surface area contributed by atoms with E-state index in [1.54, 1.807) is 0 Å². The average Bonchev–Trinajstić information content (AvgIpc) is 2.20. The lowest BCUT2D eigenvalue weighted by atomic mass is 10.1. The van der Waals surface area contributed by atoms with Gasteiger partial charge < -0.3 is 10.4 Å². The minimum absolute atomic E-state index is 0.0963. The minimum Gasteiger partial charge on any atom is -0.507 e. The zero-order valence-corrected chi connectivity index (χ0v) is 8.99. The molecule has 0 bridgehead atoms. The second kappa shape index (κ2) is 5.11. The van der Waals surface area contributed by atoms with Crippen molar-refractivity contribution in [1.29, 1.82) is 0 Å². The van der Waals surface area contributed by atoms with Gasteiger partial charge in [-0.1, -0.05) is 6.08 Å². The molecule has 0 aliphatic carbocycles. The topological polar surface area (TPSA) is 66.4 Å².